The molecule has 2 nitrogen and oxygen atoms in total. The topological polar surface area (TPSA) is 15.3 Å². The van der Waals surface area contributed by atoms with E-state index in [4.69, 9.17) is 0 Å². The van der Waals surface area contributed by atoms with Gasteiger partial charge in [-0.15, -0.1) is 0 Å². The molecule has 1 rings (SSSR count). The van der Waals surface area contributed by atoms with E-state index in [2.05, 4.69) is 37.9 Å². The van der Waals surface area contributed by atoms with Gasteiger partial charge < -0.3 is 10.2 Å². The zero-order valence-corrected chi connectivity index (χ0v) is 13.3. The van der Waals surface area contributed by atoms with Crippen LogP contribution in [0.25, 0.3) is 0 Å². The van der Waals surface area contributed by atoms with Crippen LogP contribution >= 0.6 is 0 Å². The predicted octanol–water partition coefficient (Wildman–Crippen LogP) is 3.84. The molecule has 0 fully saturated rings. The molecule has 0 aliphatic heterocycles. The number of halogens is 1. The minimum absolute atomic E-state index is 0.0760. The maximum Gasteiger partial charge on any atom is 0.127 e. The van der Waals surface area contributed by atoms with Gasteiger partial charge in [0.25, 0.3) is 0 Å². The van der Waals surface area contributed by atoms with Crippen LogP contribution in [-0.2, 0) is 0 Å². The SMILES string of the molecule is CCCN(CC)CC(C)C(NCC)c1ccccc1F. The van der Waals surface area contributed by atoms with Gasteiger partial charge in [-0.1, -0.05) is 45.9 Å². The zero-order valence-electron chi connectivity index (χ0n) is 13.3. The summed E-state index contributed by atoms with van der Waals surface area (Å²) in [5.41, 5.74) is 0.786. The van der Waals surface area contributed by atoms with Gasteiger partial charge in [0.05, 0.1) is 0 Å². The van der Waals surface area contributed by atoms with E-state index in [0.717, 1.165) is 38.2 Å². The molecule has 1 aromatic carbocycles. The molecule has 0 aliphatic rings. The molecule has 0 radical (unpaired) electrons. The molecule has 1 N–H and O–H groups in total. The Morgan fingerprint density at radius 2 is 1.90 bits per heavy atom. The highest BCUT2D eigenvalue weighted by atomic mass is 19.1. The van der Waals surface area contributed by atoms with Crippen molar-refractivity contribution in [1.82, 2.24) is 10.2 Å². The standard InChI is InChI=1S/C17H29FN2/c1-5-12-20(7-3)13-14(4)17(19-6-2)15-10-8-9-11-16(15)18/h8-11,14,17,19H,5-7,12-13H2,1-4H3. The first-order valence-electron chi connectivity index (χ1n) is 7.84. The van der Waals surface area contributed by atoms with Crippen molar-refractivity contribution in [3.05, 3.63) is 35.6 Å². The van der Waals surface area contributed by atoms with Gasteiger partial charge in [-0.2, -0.15) is 0 Å². The third-order valence-corrected chi connectivity index (χ3v) is 3.77. The van der Waals surface area contributed by atoms with Crippen LogP contribution < -0.4 is 5.32 Å². The summed E-state index contributed by atoms with van der Waals surface area (Å²) in [6, 6.07) is 7.19. The molecule has 3 heteroatoms. The number of benzene rings is 1. The van der Waals surface area contributed by atoms with Crippen molar-refractivity contribution >= 4 is 0 Å². The van der Waals surface area contributed by atoms with E-state index in [0.29, 0.717) is 5.92 Å². The lowest BCUT2D eigenvalue weighted by Gasteiger charge is -2.30. The van der Waals surface area contributed by atoms with E-state index in [9.17, 15) is 4.39 Å². The van der Waals surface area contributed by atoms with Gasteiger partial charge in [0, 0.05) is 18.2 Å². The Morgan fingerprint density at radius 1 is 1.20 bits per heavy atom. The number of rotatable bonds is 9. The first kappa shape index (κ1) is 17.1. The van der Waals surface area contributed by atoms with Crippen molar-refractivity contribution in [3.63, 3.8) is 0 Å². The Labute approximate surface area is 123 Å². The summed E-state index contributed by atoms with van der Waals surface area (Å²) in [7, 11) is 0. The maximum atomic E-state index is 14.0. The van der Waals surface area contributed by atoms with E-state index < -0.39 is 0 Å². The van der Waals surface area contributed by atoms with Crippen LogP contribution in [0.2, 0.25) is 0 Å². The monoisotopic (exact) mass is 280 g/mol. The largest absolute Gasteiger partial charge is 0.310 e. The lowest BCUT2D eigenvalue weighted by molar-refractivity contribution is 0.218. The Hall–Kier alpha value is -0.930. The quantitative estimate of drug-likeness (QED) is 0.739. The summed E-state index contributed by atoms with van der Waals surface area (Å²) >= 11 is 0. The molecule has 0 amide bonds. The number of nitrogens with one attached hydrogen (secondary N) is 1. The summed E-state index contributed by atoms with van der Waals surface area (Å²) in [6.07, 6.45) is 1.16. The maximum absolute atomic E-state index is 14.0. The first-order valence-corrected chi connectivity index (χ1v) is 7.84. The highest BCUT2D eigenvalue weighted by Crippen LogP contribution is 2.25. The lowest BCUT2D eigenvalue weighted by Crippen LogP contribution is -2.36. The van der Waals surface area contributed by atoms with Gasteiger partial charge in [-0.05, 0) is 38.0 Å². The molecular formula is C17H29FN2. The van der Waals surface area contributed by atoms with E-state index in [1.54, 1.807) is 12.1 Å². The number of hydrogen-bond acceptors (Lipinski definition) is 2. The second-order valence-corrected chi connectivity index (χ2v) is 5.43. The van der Waals surface area contributed by atoms with Gasteiger partial charge in [-0.25, -0.2) is 4.39 Å². The van der Waals surface area contributed by atoms with Gasteiger partial charge in [0.15, 0.2) is 0 Å². The normalized spacial score (nSPS) is 14.5. The van der Waals surface area contributed by atoms with Crippen LogP contribution in [0.4, 0.5) is 4.39 Å². The Balaban J connectivity index is 2.82. The number of nitrogens with zero attached hydrogens (tertiary/aromatic N) is 1. The average Bonchev–Trinajstić information content (AvgIpc) is 2.45. The summed E-state index contributed by atoms with van der Waals surface area (Å²) < 4.78 is 14.0. The summed E-state index contributed by atoms with van der Waals surface area (Å²) in [5.74, 6) is 0.266. The third-order valence-electron chi connectivity index (χ3n) is 3.77. The first-order chi connectivity index (χ1) is 9.63. The highest BCUT2D eigenvalue weighted by molar-refractivity contribution is 5.22. The summed E-state index contributed by atoms with van der Waals surface area (Å²) in [4.78, 5) is 2.44. The second-order valence-electron chi connectivity index (χ2n) is 5.43. The van der Waals surface area contributed by atoms with Crippen LogP contribution in [0.15, 0.2) is 24.3 Å². The molecule has 114 valence electrons. The molecule has 0 saturated heterocycles. The van der Waals surface area contributed by atoms with Crippen LogP contribution in [0, 0.1) is 11.7 Å². The minimum atomic E-state index is -0.108. The van der Waals surface area contributed by atoms with E-state index in [1.807, 2.05) is 12.1 Å². The average molecular weight is 280 g/mol. The molecule has 2 unspecified atom stereocenters. The third kappa shape index (κ3) is 4.88. The molecule has 0 heterocycles. The van der Waals surface area contributed by atoms with Crippen molar-refractivity contribution in [2.45, 2.75) is 40.2 Å². The molecular weight excluding hydrogens is 251 g/mol. The molecule has 0 saturated carbocycles. The Bertz CT molecular complexity index is 381. The predicted molar refractivity (Wildman–Crippen MR) is 84.4 cm³/mol. The smallest absolute Gasteiger partial charge is 0.127 e. The van der Waals surface area contributed by atoms with Crippen molar-refractivity contribution in [1.29, 1.82) is 0 Å². The minimum Gasteiger partial charge on any atom is -0.310 e. The second kappa shape index (κ2) is 9.09. The van der Waals surface area contributed by atoms with E-state index >= 15 is 0 Å². The van der Waals surface area contributed by atoms with Gasteiger partial charge in [-0.3, -0.25) is 0 Å². The lowest BCUT2D eigenvalue weighted by atomic mass is 9.93. The zero-order chi connectivity index (χ0) is 15.0. The molecule has 0 bridgehead atoms. The number of hydrogen-bond donors (Lipinski definition) is 1. The molecule has 2 atom stereocenters. The fourth-order valence-electron chi connectivity index (χ4n) is 2.77. The van der Waals surface area contributed by atoms with Crippen LogP contribution in [0.3, 0.4) is 0 Å². The van der Waals surface area contributed by atoms with Crippen LogP contribution in [0.1, 0.15) is 45.7 Å². The van der Waals surface area contributed by atoms with E-state index in [-0.39, 0.29) is 11.9 Å². The fourth-order valence-corrected chi connectivity index (χ4v) is 2.77. The van der Waals surface area contributed by atoms with Crippen molar-refractivity contribution in [2.24, 2.45) is 5.92 Å². The van der Waals surface area contributed by atoms with Crippen LogP contribution in [-0.4, -0.2) is 31.1 Å². The fraction of sp³-hybridized carbons (Fsp3) is 0.647. The molecule has 0 spiro atoms. The Morgan fingerprint density at radius 3 is 2.45 bits per heavy atom. The summed E-state index contributed by atoms with van der Waals surface area (Å²) in [6.45, 7) is 12.7. The van der Waals surface area contributed by atoms with Gasteiger partial charge in [0.2, 0.25) is 0 Å². The van der Waals surface area contributed by atoms with Crippen molar-refractivity contribution in [3.8, 4) is 0 Å². The van der Waals surface area contributed by atoms with Crippen LogP contribution in [0.5, 0.6) is 0 Å². The van der Waals surface area contributed by atoms with E-state index in [1.165, 1.54) is 0 Å². The molecule has 0 aliphatic carbocycles. The van der Waals surface area contributed by atoms with Gasteiger partial charge >= 0.3 is 0 Å². The molecule has 20 heavy (non-hydrogen) atoms. The molecule has 1 aromatic rings. The Kier molecular flexibility index (Phi) is 7.78. The van der Waals surface area contributed by atoms with Crippen molar-refractivity contribution in [2.75, 3.05) is 26.2 Å². The molecule has 0 aromatic heterocycles. The van der Waals surface area contributed by atoms with Crippen molar-refractivity contribution < 1.29 is 4.39 Å². The van der Waals surface area contributed by atoms with Gasteiger partial charge in [0.1, 0.15) is 5.82 Å². The highest BCUT2D eigenvalue weighted by Gasteiger charge is 2.22. The summed E-state index contributed by atoms with van der Waals surface area (Å²) in [5, 5.41) is 3.44.